The molecule has 4 rings (SSSR count). The number of carbonyl (C=O) groups is 1. The minimum Gasteiger partial charge on any atom is -0.340 e. The molecule has 1 atom stereocenters. The number of carbonyl (C=O) groups excluding carboxylic acids is 1. The number of nitrogens with zero attached hydrogens (tertiary/aromatic N) is 2. The topological polar surface area (TPSA) is 91.8 Å². The number of amides is 1. The predicted molar refractivity (Wildman–Crippen MR) is 164 cm³/mol. The van der Waals surface area contributed by atoms with Crippen LogP contribution in [0.25, 0.3) is 0 Å². The summed E-state index contributed by atoms with van der Waals surface area (Å²) < 4.78 is 76.0. The van der Waals surface area contributed by atoms with E-state index in [9.17, 15) is 30.4 Å². The molecule has 1 saturated carbocycles. The molecule has 11 heteroatoms. The minimum absolute atomic E-state index is 0.0194. The van der Waals surface area contributed by atoms with Crippen molar-refractivity contribution in [3.05, 3.63) is 65.2 Å². The predicted octanol–water partition coefficient (Wildman–Crippen LogP) is 5.00. The van der Waals surface area contributed by atoms with Crippen molar-refractivity contribution < 1.29 is 30.4 Å². The standard InChI is InChI=1S/C32H44F2N2O5S2/c1-4-36(32(37)19-23-5-9-29(10-6-23)42(2,38)39)28-13-16-35(17-14-28)18-15-31(25-20-26(33)22-27(34)21-25)24-7-11-30(12-8-24)43(3,40)41/h5-6,9-10,20-22,24,28,30-31H,4,7-8,11-19H2,1-3H3/t24?,30?,31-/m1/s1. The summed E-state index contributed by atoms with van der Waals surface area (Å²) in [5, 5.41) is -0.344. The van der Waals surface area contributed by atoms with E-state index in [4.69, 9.17) is 0 Å². The van der Waals surface area contributed by atoms with Gasteiger partial charge in [-0.3, -0.25) is 4.79 Å². The highest BCUT2D eigenvalue weighted by molar-refractivity contribution is 7.91. The molecule has 2 aromatic carbocycles. The zero-order chi connectivity index (χ0) is 31.4. The number of benzene rings is 2. The van der Waals surface area contributed by atoms with Crippen LogP contribution in [0, 0.1) is 17.6 Å². The first-order valence-corrected chi connectivity index (χ1v) is 19.0. The van der Waals surface area contributed by atoms with Gasteiger partial charge in [-0.05, 0) is 106 Å². The molecule has 0 N–H and O–H groups in total. The molecule has 2 aromatic rings. The van der Waals surface area contributed by atoms with E-state index in [1.54, 1.807) is 12.1 Å². The van der Waals surface area contributed by atoms with Crippen LogP contribution in [0.1, 0.15) is 68.9 Å². The van der Waals surface area contributed by atoms with E-state index in [1.165, 1.54) is 30.5 Å². The SMILES string of the molecule is CCN(C(=O)Cc1ccc(S(C)(=O)=O)cc1)C1CCN(CC[C@@H](c2cc(F)cc(F)c2)C2CCC(S(C)(=O)=O)CC2)CC1. The third-order valence-corrected chi connectivity index (χ3v) is 12.1. The lowest BCUT2D eigenvalue weighted by molar-refractivity contribution is -0.133. The van der Waals surface area contributed by atoms with Gasteiger partial charge in [-0.15, -0.1) is 0 Å². The van der Waals surface area contributed by atoms with Crippen molar-refractivity contribution in [2.75, 3.05) is 38.7 Å². The summed E-state index contributed by atoms with van der Waals surface area (Å²) in [5.74, 6) is -1.07. The lowest BCUT2D eigenvalue weighted by atomic mass is 9.75. The Morgan fingerprint density at radius 3 is 2.00 bits per heavy atom. The van der Waals surface area contributed by atoms with E-state index < -0.39 is 31.3 Å². The summed E-state index contributed by atoms with van der Waals surface area (Å²) in [6.45, 7) is 4.94. The average Bonchev–Trinajstić information content (AvgIpc) is 2.93. The second kappa shape index (κ2) is 14.2. The lowest BCUT2D eigenvalue weighted by Gasteiger charge is -2.39. The number of likely N-dealkylation sites (N-methyl/N-ethyl adjacent to an activating group) is 1. The molecule has 1 heterocycles. The largest absolute Gasteiger partial charge is 0.340 e. The van der Waals surface area contributed by atoms with E-state index in [0.717, 1.165) is 56.8 Å². The fraction of sp³-hybridized carbons (Fsp3) is 0.594. The maximum Gasteiger partial charge on any atom is 0.227 e. The smallest absolute Gasteiger partial charge is 0.227 e. The van der Waals surface area contributed by atoms with Gasteiger partial charge in [0.05, 0.1) is 16.6 Å². The Morgan fingerprint density at radius 1 is 0.907 bits per heavy atom. The van der Waals surface area contributed by atoms with Crippen LogP contribution in [0.5, 0.6) is 0 Å². The molecular formula is C32H44F2N2O5S2. The molecule has 1 aliphatic carbocycles. The van der Waals surface area contributed by atoms with Crippen molar-refractivity contribution in [1.29, 1.82) is 0 Å². The molecule has 0 bridgehead atoms. The summed E-state index contributed by atoms with van der Waals surface area (Å²) in [4.78, 5) is 17.7. The van der Waals surface area contributed by atoms with Gasteiger partial charge >= 0.3 is 0 Å². The van der Waals surface area contributed by atoms with Gasteiger partial charge in [-0.1, -0.05) is 12.1 Å². The van der Waals surface area contributed by atoms with Crippen LogP contribution in [-0.2, 0) is 30.9 Å². The van der Waals surface area contributed by atoms with Crippen molar-refractivity contribution in [2.45, 2.75) is 80.4 Å². The van der Waals surface area contributed by atoms with E-state index in [-0.39, 0.29) is 40.4 Å². The van der Waals surface area contributed by atoms with E-state index in [0.29, 0.717) is 37.8 Å². The first-order valence-electron chi connectivity index (χ1n) is 15.2. The fourth-order valence-corrected chi connectivity index (χ4v) is 8.69. The first kappa shape index (κ1) is 33.5. The quantitative estimate of drug-likeness (QED) is 0.344. The molecule has 0 aromatic heterocycles. The molecule has 2 aliphatic rings. The van der Waals surface area contributed by atoms with Gasteiger partial charge in [0.25, 0.3) is 0 Å². The van der Waals surface area contributed by atoms with E-state index in [1.807, 2.05) is 11.8 Å². The van der Waals surface area contributed by atoms with Gasteiger partial charge in [-0.2, -0.15) is 0 Å². The van der Waals surface area contributed by atoms with Crippen molar-refractivity contribution >= 4 is 25.6 Å². The highest BCUT2D eigenvalue weighted by Crippen LogP contribution is 2.40. The molecule has 1 amide bonds. The normalized spacial score (nSPS) is 21.4. The van der Waals surface area contributed by atoms with Gasteiger partial charge < -0.3 is 9.80 Å². The zero-order valence-corrected chi connectivity index (χ0v) is 27.0. The van der Waals surface area contributed by atoms with Crippen molar-refractivity contribution in [2.24, 2.45) is 5.92 Å². The van der Waals surface area contributed by atoms with Gasteiger partial charge in [0.15, 0.2) is 9.84 Å². The van der Waals surface area contributed by atoms with Gasteiger partial charge in [0.1, 0.15) is 21.5 Å². The number of halogens is 2. The van der Waals surface area contributed by atoms with E-state index in [2.05, 4.69) is 4.90 Å². The maximum absolute atomic E-state index is 14.2. The number of rotatable bonds is 11. The number of piperidine rings is 1. The van der Waals surface area contributed by atoms with Crippen molar-refractivity contribution in [1.82, 2.24) is 9.80 Å². The Kier molecular flexibility index (Phi) is 11.0. The van der Waals surface area contributed by atoms with Crippen LogP contribution in [0.2, 0.25) is 0 Å². The van der Waals surface area contributed by atoms with Crippen LogP contribution in [0.4, 0.5) is 8.78 Å². The van der Waals surface area contributed by atoms with Crippen LogP contribution < -0.4 is 0 Å². The van der Waals surface area contributed by atoms with Gasteiger partial charge in [-0.25, -0.2) is 25.6 Å². The minimum atomic E-state index is -3.29. The molecule has 0 radical (unpaired) electrons. The summed E-state index contributed by atoms with van der Waals surface area (Å²) in [5.41, 5.74) is 1.42. The van der Waals surface area contributed by atoms with Gasteiger partial charge in [0.2, 0.25) is 5.91 Å². The second-order valence-electron chi connectivity index (χ2n) is 12.3. The molecule has 1 saturated heterocycles. The van der Waals surface area contributed by atoms with Crippen LogP contribution in [0.3, 0.4) is 0 Å². The number of hydrogen-bond donors (Lipinski definition) is 0. The number of likely N-dealkylation sites (tertiary alicyclic amines) is 1. The molecule has 43 heavy (non-hydrogen) atoms. The molecule has 2 fully saturated rings. The molecule has 1 aliphatic heterocycles. The molecule has 0 unspecified atom stereocenters. The first-order chi connectivity index (χ1) is 20.2. The van der Waals surface area contributed by atoms with Crippen LogP contribution in [0.15, 0.2) is 47.4 Å². The Hall–Kier alpha value is -2.37. The third kappa shape index (κ3) is 9.08. The van der Waals surface area contributed by atoms with Gasteiger partial charge in [0, 0.05) is 44.3 Å². The van der Waals surface area contributed by atoms with Crippen molar-refractivity contribution in [3.63, 3.8) is 0 Å². The number of hydrogen-bond acceptors (Lipinski definition) is 6. The molecular weight excluding hydrogens is 594 g/mol. The summed E-state index contributed by atoms with van der Waals surface area (Å²) in [7, 11) is -6.40. The molecule has 7 nitrogen and oxygen atoms in total. The monoisotopic (exact) mass is 638 g/mol. The Morgan fingerprint density at radius 2 is 1.49 bits per heavy atom. The Labute approximate surface area is 255 Å². The average molecular weight is 639 g/mol. The summed E-state index contributed by atoms with van der Waals surface area (Å²) in [6.07, 6.45) is 7.61. The van der Waals surface area contributed by atoms with Crippen molar-refractivity contribution in [3.8, 4) is 0 Å². The summed E-state index contributed by atoms with van der Waals surface area (Å²) >= 11 is 0. The number of sulfone groups is 2. The van der Waals surface area contributed by atoms with E-state index >= 15 is 0 Å². The van der Waals surface area contributed by atoms with Crippen LogP contribution >= 0.6 is 0 Å². The molecule has 238 valence electrons. The Balaban J connectivity index is 1.34. The summed E-state index contributed by atoms with van der Waals surface area (Å²) in [6, 6.07) is 10.3. The lowest BCUT2D eigenvalue weighted by Crippen LogP contribution is -2.48. The Bertz CT molecular complexity index is 1450. The molecule has 0 spiro atoms. The highest BCUT2D eigenvalue weighted by atomic mass is 32.2. The second-order valence-corrected chi connectivity index (χ2v) is 16.7. The zero-order valence-electron chi connectivity index (χ0n) is 25.3. The van der Waals surface area contributed by atoms with Crippen LogP contribution in [-0.4, -0.2) is 82.5 Å². The maximum atomic E-state index is 14.2. The highest BCUT2D eigenvalue weighted by Gasteiger charge is 2.34. The fourth-order valence-electron chi connectivity index (χ4n) is 6.93. The third-order valence-electron chi connectivity index (χ3n) is 9.33.